The number of carbonyl (C=O) groups excluding carboxylic acids is 1. The van der Waals surface area contributed by atoms with Crippen LogP contribution in [0.2, 0.25) is 0 Å². The van der Waals surface area contributed by atoms with Gasteiger partial charge in [0.1, 0.15) is 18.0 Å². The minimum absolute atomic E-state index is 0.0606. The number of ketones is 1. The fourth-order valence-electron chi connectivity index (χ4n) is 4.07. The van der Waals surface area contributed by atoms with Crippen molar-refractivity contribution in [1.82, 2.24) is 0 Å². The number of halogens is 1. The van der Waals surface area contributed by atoms with E-state index >= 15 is 0 Å². The molecule has 152 valence electrons. The van der Waals surface area contributed by atoms with Crippen LogP contribution < -0.4 is 19.5 Å². The Kier molecular flexibility index (Phi) is 5.92. The van der Waals surface area contributed by atoms with E-state index in [0.29, 0.717) is 29.2 Å². The maximum atomic E-state index is 12.9. The van der Waals surface area contributed by atoms with Gasteiger partial charge in [-0.3, -0.25) is 4.79 Å². The Bertz CT molecular complexity index is 962. The van der Waals surface area contributed by atoms with E-state index in [1.165, 1.54) is 36.6 Å². The second-order valence-corrected chi connectivity index (χ2v) is 8.50. The van der Waals surface area contributed by atoms with Crippen LogP contribution in [0.4, 0.5) is 0 Å². The van der Waals surface area contributed by atoms with E-state index < -0.39 is 0 Å². The smallest absolute Gasteiger partial charge is 0.231 e. The zero-order chi connectivity index (χ0) is 20.4. The van der Waals surface area contributed by atoms with Crippen LogP contribution in [-0.4, -0.2) is 26.0 Å². The molecule has 1 N–H and O–H groups in total. The Morgan fingerprint density at radius 2 is 1.93 bits per heavy atom. The molecule has 2 aliphatic rings. The Morgan fingerprint density at radius 1 is 1.17 bits per heavy atom. The minimum Gasteiger partial charge on any atom is -0.872 e. The number of allylic oxidation sites excluding steroid dienone is 1. The molecule has 0 saturated carbocycles. The first-order valence-corrected chi connectivity index (χ1v) is 10.8. The van der Waals surface area contributed by atoms with Crippen LogP contribution in [0, 0.1) is 0 Å². The zero-order valence-electron chi connectivity index (χ0n) is 16.4. The van der Waals surface area contributed by atoms with E-state index in [1.54, 1.807) is 19.3 Å². The maximum absolute atomic E-state index is 12.9. The van der Waals surface area contributed by atoms with Gasteiger partial charge >= 0.3 is 0 Å². The van der Waals surface area contributed by atoms with Crippen molar-refractivity contribution in [3.05, 3.63) is 57.3 Å². The molecule has 2 aromatic rings. The predicted molar refractivity (Wildman–Crippen MR) is 112 cm³/mol. The summed E-state index contributed by atoms with van der Waals surface area (Å²) in [6.45, 7) is 2.70. The SMILES string of the molecule is COc1ccc(Br)cc1/C=C1\Oc2c(ccc([O-])c2C[NH+]2CCCCCC2)C1=O. The normalized spacial score (nSPS) is 18.4. The van der Waals surface area contributed by atoms with Crippen LogP contribution in [0.25, 0.3) is 6.08 Å². The molecule has 2 heterocycles. The molecule has 2 aromatic carbocycles. The number of carbonyl (C=O) groups is 1. The highest BCUT2D eigenvalue weighted by atomic mass is 79.9. The van der Waals surface area contributed by atoms with Crippen molar-refractivity contribution in [3.63, 3.8) is 0 Å². The Labute approximate surface area is 179 Å². The summed E-state index contributed by atoms with van der Waals surface area (Å²) in [7, 11) is 1.59. The molecule has 5 nitrogen and oxygen atoms in total. The van der Waals surface area contributed by atoms with Gasteiger partial charge in [0, 0.05) is 15.6 Å². The van der Waals surface area contributed by atoms with Gasteiger partial charge in [-0.05, 0) is 56.0 Å². The molecular weight excluding hydrogens is 434 g/mol. The molecule has 4 rings (SSSR count). The standard InChI is InChI=1S/C23H24BrNO4/c1-28-20-9-6-16(24)12-15(20)13-21-22(27)17-7-8-19(26)18(23(17)29-21)14-25-10-4-2-3-5-11-25/h6-9,12-13,26H,2-5,10-11,14H2,1H3/b21-13-. The van der Waals surface area contributed by atoms with Gasteiger partial charge in [-0.25, -0.2) is 0 Å². The van der Waals surface area contributed by atoms with Gasteiger partial charge < -0.3 is 19.5 Å². The summed E-state index contributed by atoms with van der Waals surface area (Å²) in [5.74, 6) is 1.03. The van der Waals surface area contributed by atoms with Crippen molar-refractivity contribution < 1.29 is 24.3 Å². The summed E-state index contributed by atoms with van der Waals surface area (Å²) in [4.78, 5) is 14.3. The van der Waals surface area contributed by atoms with Crippen molar-refractivity contribution in [3.8, 4) is 17.2 Å². The van der Waals surface area contributed by atoms with Crippen molar-refractivity contribution in [1.29, 1.82) is 0 Å². The van der Waals surface area contributed by atoms with Gasteiger partial charge in [0.2, 0.25) is 5.78 Å². The molecule has 29 heavy (non-hydrogen) atoms. The number of likely N-dealkylation sites (tertiary alicyclic amines) is 1. The quantitative estimate of drug-likeness (QED) is 0.716. The van der Waals surface area contributed by atoms with Crippen LogP contribution in [0.1, 0.15) is 47.2 Å². The van der Waals surface area contributed by atoms with E-state index in [4.69, 9.17) is 9.47 Å². The van der Waals surface area contributed by atoms with Gasteiger partial charge in [-0.15, -0.1) is 0 Å². The molecule has 0 amide bonds. The molecule has 0 atom stereocenters. The Morgan fingerprint density at radius 3 is 2.66 bits per heavy atom. The molecule has 6 heteroatoms. The first-order chi connectivity index (χ1) is 14.1. The summed E-state index contributed by atoms with van der Waals surface area (Å²) < 4.78 is 12.2. The lowest BCUT2D eigenvalue weighted by molar-refractivity contribution is -0.913. The van der Waals surface area contributed by atoms with Gasteiger partial charge in [-0.2, -0.15) is 0 Å². The average molecular weight is 458 g/mol. The van der Waals surface area contributed by atoms with Crippen molar-refractivity contribution in [2.45, 2.75) is 32.2 Å². The number of nitrogens with one attached hydrogen (secondary N) is 1. The number of ether oxygens (including phenoxy) is 2. The van der Waals surface area contributed by atoms with Crippen LogP contribution in [0.5, 0.6) is 17.2 Å². The van der Waals surface area contributed by atoms with E-state index in [1.807, 2.05) is 18.2 Å². The highest BCUT2D eigenvalue weighted by Crippen LogP contribution is 2.39. The van der Waals surface area contributed by atoms with E-state index in [9.17, 15) is 9.90 Å². The summed E-state index contributed by atoms with van der Waals surface area (Å²) in [6.07, 6.45) is 6.52. The topological polar surface area (TPSA) is 63.0 Å². The molecule has 0 aliphatic carbocycles. The molecule has 0 spiro atoms. The minimum atomic E-state index is -0.200. The maximum Gasteiger partial charge on any atom is 0.231 e. The van der Waals surface area contributed by atoms with E-state index in [-0.39, 0.29) is 17.3 Å². The lowest BCUT2D eigenvalue weighted by Gasteiger charge is -2.22. The largest absolute Gasteiger partial charge is 0.872 e. The zero-order valence-corrected chi connectivity index (χ0v) is 18.0. The highest BCUT2D eigenvalue weighted by Gasteiger charge is 2.31. The third-order valence-corrected chi connectivity index (χ3v) is 6.11. The number of quaternary nitrogens is 1. The number of rotatable bonds is 4. The van der Waals surface area contributed by atoms with Gasteiger partial charge in [0.05, 0.1) is 25.8 Å². The fourth-order valence-corrected chi connectivity index (χ4v) is 4.45. The number of fused-ring (bicyclic) bond motifs is 1. The number of methoxy groups -OCH3 is 1. The predicted octanol–water partition coefficient (Wildman–Crippen LogP) is 3.11. The van der Waals surface area contributed by atoms with E-state index in [0.717, 1.165) is 23.1 Å². The lowest BCUT2D eigenvalue weighted by atomic mass is 10.0. The molecule has 2 aliphatic heterocycles. The first kappa shape index (κ1) is 20.0. The Balaban J connectivity index is 1.67. The van der Waals surface area contributed by atoms with Crippen LogP contribution >= 0.6 is 15.9 Å². The monoisotopic (exact) mass is 457 g/mol. The van der Waals surface area contributed by atoms with E-state index in [2.05, 4.69) is 15.9 Å². The summed E-state index contributed by atoms with van der Waals surface area (Å²) in [6, 6.07) is 8.65. The Hall–Kier alpha value is -2.31. The van der Waals surface area contributed by atoms with Crippen LogP contribution in [-0.2, 0) is 6.54 Å². The fraction of sp³-hybridized carbons (Fsp3) is 0.348. The number of hydrogen-bond donors (Lipinski definition) is 1. The molecule has 0 aromatic heterocycles. The number of Topliss-reactive ketones (excluding diaryl/α,β-unsaturated/α-hetero) is 1. The second kappa shape index (κ2) is 8.59. The molecule has 1 fully saturated rings. The molecule has 0 bridgehead atoms. The molecular formula is C23H24BrNO4. The molecule has 0 unspecified atom stereocenters. The summed E-state index contributed by atoms with van der Waals surface area (Å²) >= 11 is 3.45. The second-order valence-electron chi connectivity index (χ2n) is 7.59. The van der Waals surface area contributed by atoms with Crippen LogP contribution in [0.3, 0.4) is 0 Å². The molecule has 0 radical (unpaired) electrons. The average Bonchev–Trinajstić information content (AvgIpc) is 2.87. The number of hydrogen-bond acceptors (Lipinski definition) is 4. The van der Waals surface area contributed by atoms with Crippen molar-refractivity contribution in [2.75, 3.05) is 20.2 Å². The third kappa shape index (κ3) is 4.19. The van der Waals surface area contributed by atoms with Gasteiger partial charge in [0.25, 0.3) is 0 Å². The highest BCUT2D eigenvalue weighted by molar-refractivity contribution is 9.10. The molecule has 1 saturated heterocycles. The third-order valence-electron chi connectivity index (χ3n) is 5.61. The lowest BCUT2D eigenvalue weighted by Crippen LogP contribution is -3.10. The van der Waals surface area contributed by atoms with Crippen molar-refractivity contribution >= 4 is 27.8 Å². The first-order valence-electron chi connectivity index (χ1n) is 10.0. The number of benzene rings is 2. The summed E-state index contributed by atoms with van der Waals surface area (Å²) in [5.41, 5.74) is 1.81. The van der Waals surface area contributed by atoms with Gasteiger partial charge in [0.15, 0.2) is 5.76 Å². The van der Waals surface area contributed by atoms with Crippen molar-refractivity contribution in [2.24, 2.45) is 0 Å². The van der Waals surface area contributed by atoms with Crippen LogP contribution in [0.15, 0.2) is 40.6 Å². The summed E-state index contributed by atoms with van der Waals surface area (Å²) in [5, 5.41) is 12.6. The van der Waals surface area contributed by atoms with Gasteiger partial charge in [-0.1, -0.05) is 27.7 Å².